The van der Waals surface area contributed by atoms with Crippen LogP contribution in [0.5, 0.6) is 0 Å². The van der Waals surface area contributed by atoms with Gasteiger partial charge < -0.3 is 19.1 Å². The minimum Gasteiger partial charge on any atom is -0.453 e. The SMILES string of the molecule is CCCCC1C(OC(=O)OC)CCCC12CCCCN2C(=O)OC. The smallest absolute Gasteiger partial charge is 0.453 e. The maximum absolute atomic E-state index is 12.4. The molecular formula is C18H31NO5. The highest BCUT2D eigenvalue weighted by Gasteiger charge is 2.53. The van der Waals surface area contributed by atoms with E-state index in [2.05, 4.69) is 6.92 Å². The Morgan fingerprint density at radius 3 is 2.54 bits per heavy atom. The van der Waals surface area contributed by atoms with Gasteiger partial charge in [0, 0.05) is 12.5 Å². The van der Waals surface area contributed by atoms with E-state index in [1.165, 1.54) is 14.2 Å². The van der Waals surface area contributed by atoms with Gasteiger partial charge in [-0.2, -0.15) is 0 Å². The average molecular weight is 341 g/mol. The van der Waals surface area contributed by atoms with E-state index in [1.54, 1.807) is 0 Å². The lowest BCUT2D eigenvalue weighted by Crippen LogP contribution is -2.63. The van der Waals surface area contributed by atoms with Crippen molar-refractivity contribution in [2.75, 3.05) is 20.8 Å². The maximum Gasteiger partial charge on any atom is 0.508 e. The Bertz CT molecular complexity index is 437. The van der Waals surface area contributed by atoms with Gasteiger partial charge in [0.2, 0.25) is 0 Å². The van der Waals surface area contributed by atoms with Crippen LogP contribution in [0.2, 0.25) is 0 Å². The summed E-state index contributed by atoms with van der Waals surface area (Å²) in [6, 6.07) is 0. The van der Waals surface area contributed by atoms with Crippen molar-refractivity contribution in [2.24, 2.45) is 5.92 Å². The van der Waals surface area contributed by atoms with Crippen molar-refractivity contribution in [2.45, 2.75) is 76.4 Å². The molecule has 6 heteroatoms. The van der Waals surface area contributed by atoms with Crippen molar-refractivity contribution in [1.82, 2.24) is 4.90 Å². The maximum atomic E-state index is 12.4. The molecule has 1 spiro atoms. The fraction of sp³-hybridized carbons (Fsp3) is 0.889. The molecule has 0 bridgehead atoms. The molecule has 1 aliphatic heterocycles. The van der Waals surface area contributed by atoms with Crippen LogP contribution in [0, 0.1) is 5.92 Å². The Kier molecular flexibility index (Phi) is 6.75. The molecule has 138 valence electrons. The number of likely N-dealkylation sites (tertiary alicyclic amines) is 1. The molecule has 1 amide bonds. The summed E-state index contributed by atoms with van der Waals surface area (Å²) in [4.78, 5) is 26.0. The first-order valence-electron chi connectivity index (χ1n) is 9.19. The summed E-state index contributed by atoms with van der Waals surface area (Å²) >= 11 is 0. The number of piperidine rings is 1. The summed E-state index contributed by atoms with van der Waals surface area (Å²) in [6.45, 7) is 2.88. The summed E-state index contributed by atoms with van der Waals surface area (Å²) in [5.74, 6) is 0.143. The summed E-state index contributed by atoms with van der Waals surface area (Å²) < 4.78 is 15.4. The zero-order valence-corrected chi connectivity index (χ0v) is 15.2. The normalized spacial score (nSPS) is 30.0. The number of amides is 1. The van der Waals surface area contributed by atoms with Gasteiger partial charge in [-0.05, 0) is 44.9 Å². The number of nitrogens with zero attached hydrogens (tertiary/aromatic N) is 1. The predicted molar refractivity (Wildman–Crippen MR) is 89.8 cm³/mol. The van der Waals surface area contributed by atoms with Crippen molar-refractivity contribution in [3.8, 4) is 0 Å². The monoisotopic (exact) mass is 341 g/mol. The van der Waals surface area contributed by atoms with Crippen molar-refractivity contribution in [3.05, 3.63) is 0 Å². The molecule has 1 aliphatic carbocycles. The standard InChI is InChI=1S/C18H31NO5/c1-4-5-9-14-15(24-17(21)23-3)10-8-12-18(14)11-6-7-13-19(18)16(20)22-2/h14-15H,4-13H2,1-3H3. The lowest BCUT2D eigenvalue weighted by Gasteiger charge is -2.55. The number of hydrogen-bond donors (Lipinski definition) is 0. The Balaban J connectivity index is 2.30. The molecule has 2 rings (SSSR count). The summed E-state index contributed by atoms with van der Waals surface area (Å²) in [5, 5.41) is 0. The van der Waals surface area contributed by atoms with E-state index in [0.29, 0.717) is 0 Å². The number of carbonyl (C=O) groups excluding carboxylic acids is 2. The van der Waals surface area contributed by atoms with Crippen molar-refractivity contribution < 1.29 is 23.8 Å². The Labute approximate surface area is 144 Å². The van der Waals surface area contributed by atoms with Crippen LogP contribution in [0.15, 0.2) is 0 Å². The van der Waals surface area contributed by atoms with Crippen LogP contribution in [0.3, 0.4) is 0 Å². The minimum atomic E-state index is -0.626. The van der Waals surface area contributed by atoms with Gasteiger partial charge in [-0.25, -0.2) is 9.59 Å². The van der Waals surface area contributed by atoms with Gasteiger partial charge in [0.05, 0.1) is 19.8 Å². The van der Waals surface area contributed by atoms with Gasteiger partial charge in [-0.3, -0.25) is 0 Å². The summed E-state index contributed by atoms with van der Waals surface area (Å²) in [5.41, 5.74) is -0.253. The lowest BCUT2D eigenvalue weighted by atomic mass is 9.64. The fourth-order valence-electron chi connectivity index (χ4n) is 4.62. The van der Waals surface area contributed by atoms with Crippen LogP contribution < -0.4 is 0 Å². The average Bonchev–Trinajstić information content (AvgIpc) is 2.61. The molecule has 1 saturated carbocycles. The topological polar surface area (TPSA) is 65.1 Å². The molecule has 1 saturated heterocycles. The van der Waals surface area contributed by atoms with Crippen molar-refractivity contribution in [1.29, 1.82) is 0 Å². The number of carbonyl (C=O) groups is 2. The van der Waals surface area contributed by atoms with Gasteiger partial charge in [0.25, 0.3) is 0 Å². The van der Waals surface area contributed by atoms with Gasteiger partial charge in [-0.1, -0.05) is 19.8 Å². The van der Waals surface area contributed by atoms with E-state index < -0.39 is 6.16 Å². The lowest BCUT2D eigenvalue weighted by molar-refractivity contribution is -0.0918. The highest BCUT2D eigenvalue weighted by Crippen LogP contribution is 2.47. The first-order chi connectivity index (χ1) is 11.6. The summed E-state index contributed by atoms with van der Waals surface area (Å²) in [6.07, 6.45) is 7.80. The minimum absolute atomic E-state index is 0.143. The third kappa shape index (κ3) is 3.78. The molecule has 0 aromatic carbocycles. The van der Waals surface area contributed by atoms with Gasteiger partial charge in [0.15, 0.2) is 0 Å². The molecule has 24 heavy (non-hydrogen) atoms. The third-order valence-electron chi connectivity index (χ3n) is 5.69. The Hall–Kier alpha value is -1.46. The van der Waals surface area contributed by atoms with Gasteiger partial charge >= 0.3 is 12.2 Å². The molecule has 0 radical (unpaired) electrons. The zero-order valence-electron chi connectivity index (χ0n) is 15.2. The number of rotatable bonds is 4. The van der Waals surface area contributed by atoms with Crippen LogP contribution in [-0.4, -0.2) is 49.6 Å². The van der Waals surface area contributed by atoms with E-state index in [9.17, 15) is 9.59 Å². The van der Waals surface area contributed by atoms with Crippen LogP contribution in [0.4, 0.5) is 9.59 Å². The molecule has 0 N–H and O–H groups in total. The number of ether oxygens (including phenoxy) is 3. The Morgan fingerprint density at radius 2 is 1.88 bits per heavy atom. The molecule has 3 unspecified atom stereocenters. The highest BCUT2D eigenvalue weighted by molar-refractivity contribution is 5.69. The van der Waals surface area contributed by atoms with Gasteiger partial charge in [-0.15, -0.1) is 0 Å². The molecule has 6 nitrogen and oxygen atoms in total. The first-order valence-corrected chi connectivity index (χ1v) is 9.19. The highest BCUT2D eigenvalue weighted by atomic mass is 16.7. The molecule has 1 heterocycles. The second kappa shape index (κ2) is 8.58. The van der Waals surface area contributed by atoms with E-state index in [1.807, 2.05) is 4.90 Å². The second-order valence-corrected chi connectivity index (χ2v) is 6.93. The molecule has 3 atom stereocenters. The van der Waals surface area contributed by atoms with Crippen LogP contribution in [-0.2, 0) is 14.2 Å². The van der Waals surface area contributed by atoms with Gasteiger partial charge in [0.1, 0.15) is 6.10 Å². The van der Waals surface area contributed by atoms with E-state index in [0.717, 1.165) is 64.3 Å². The zero-order chi connectivity index (χ0) is 17.6. The molecule has 2 fully saturated rings. The van der Waals surface area contributed by atoms with E-state index >= 15 is 0 Å². The number of methoxy groups -OCH3 is 2. The number of unbranched alkanes of at least 4 members (excludes halogenated alkanes) is 1. The van der Waals surface area contributed by atoms with Crippen LogP contribution >= 0.6 is 0 Å². The first kappa shape index (κ1) is 18.9. The fourth-order valence-corrected chi connectivity index (χ4v) is 4.62. The van der Waals surface area contributed by atoms with Crippen LogP contribution in [0.25, 0.3) is 0 Å². The van der Waals surface area contributed by atoms with E-state index in [4.69, 9.17) is 14.2 Å². The Morgan fingerprint density at radius 1 is 1.12 bits per heavy atom. The summed E-state index contributed by atoms with van der Waals surface area (Å²) in [7, 11) is 2.78. The van der Waals surface area contributed by atoms with E-state index in [-0.39, 0.29) is 23.7 Å². The molecule has 2 aliphatic rings. The largest absolute Gasteiger partial charge is 0.508 e. The quantitative estimate of drug-likeness (QED) is 0.720. The predicted octanol–water partition coefficient (Wildman–Crippen LogP) is 4.12. The van der Waals surface area contributed by atoms with Crippen LogP contribution in [0.1, 0.15) is 64.7 Å². The van der Waals surface area contributed by atoms with Crippen molar-refractivity contribution >= 4 is 12.2 Å². The second-order valence-electron chi connectivity index (χ2n) is 6.93. The van der Waals surface area contributed by atoms with Crippen molar-refractivity contribution in [3.63, 3.8) is 0 Å². The third-order valence-corrected chi connectivity index (χ3v) is 5.69. The number of hydrogen-bond acceptors (Lipinski definition) is 5. The molecular weight excluding hydrogens is 310 g/mol. The molecule has 0 aromatic heterocycles. The molecule has 0 aromatic rings.